The molecule has 0 bridgehead atoms. The predicted molar refractivity (Wildman–Crippen MR) is 122 cm³/mol. The zero-order valence-electron chi connectivity index (χ0n) is 15.9. The number of carbonyl (C=O) groups excluding carboxylic acids is 2. The number of thioether (sulfide) groups is 1. The van der Waals surface area contributed by atoms with Gasteiger partial charge in [0.1, 0.15) is 4.32 Å². The number of nitrogens with zero attached hydrogens (tertiary/aromatic N) is 1. The Balaban J connectivity index is 1.71. The minimum absolute atomic E-state index is 0.0710. The molecule has 0 atom stereocenters. The zero-order valence-corrected chi connectivity index (χ0v) is 19.1. The van der Waals surface area contributed by atoms with Crippen LogP contribution in [0.1, 0.15) is 44.1 Å². The Morgan fingerprint density at radius 2 is 2.00 bits per heavy atom. The van der Waals surface area contributed by atoms with Crippen molar-refractivity contribution in [1.29, 1.82) is 0 Å². The number of amides is 2. The lowest BCUT2D eigenvalue weighted by atomic mass is 10.2. The molecule has 1 aromatic rings. The highest BCUT2D eigenvalue weighted by molar-refractivity contribution is 9.10. The van der Waals surface area contributed by atoms with Gasteiger partial charge in [-0.25, -0.2) is 0 Å². The van der Waals surface area contributed by atoms with E-state index < -0.39 is 5.97 Å². The highest BCUT2D eigenvalue weighted by Crippen LogP contribution is 2.33. The van der Waals surface area contributed by atoms with E-state index in [1.54, 1.807) is 4.90 Å². The number of rotatable bonds is 11. The van der Waals surface area contributed by atoms with E-state index in [1.807, 2.05) is 30.3 Å². The maximum atomic E-state index is 12.6. The van der Waals surface area contributed by atoms with E-state index in [0.717, 1.165) is 22.9 Å². The Morgan fingerprint density at radius 1 is 1.21 bits per heavy atom. The van der Waals surface area contributed by atoms with Crippen LogP contribution in [-0.2, 0) is 14.4 Å². The van der Waals surface area contributed by atoms with Crippen LogP contribution in [0.3, 0.4) is 0 Å². The van der Waals surface area contributed by atoms with Gasteiger partial charge in [-0.2, -0.15) is 0 Å². The van der Waals surface area contributed by atoms with Crippen molar-refractivity contribution < 1.29 is 19.5 Å². The summed E-state index contributed by atoms with van der Waals surface area (Å²) in [5, 5.41) is 11.4. The Morgan fingerprint density at radius 3 is 2.72 bits per heavy atom. The van der Waals surface area contributed by atoms with Crippen molar-refractivity contribution in [3.8, 4) is 0 Å². The van der Waals surface area contributed by atoms with Crippen molar-refractivity contribution in [3.63, 3.8) is 0 Å². The summed E-state index contributed by atoms with van der Waals surface area (Å²) >= 11 is 10.0. The number of halogens is 1. The van der Waals surface area contributed by atoms with Gasteiger partial charge in [0.05, 0.1) is 4.91 Å². The smallest absolute Gasteiger partial charge is 0.303 e. The molecule has 0 unspecified atom stereocenters. The topological polar surface area (TPSA) is 86.7 Å². The first-order valence-corrected chi connectivity index (χ1v) is 11.4. The summed E-state index contributed by atoms with van der Waals surface area (Å²) in [7, 11) is 0. The summed E-state index contributed by atoms with van der Waals surface area (Å²) in [5.41, 5.74) is 0.919. The SMILES string of the molecule is O=C(O)CCCCCNC(=O)CCCN1C(=O)/C(=C/c2cccc(Br)c2)SC1=S. The molecule has 1 aromatic carbocycles. The highest BCUT2D eigenvalue weighted by Gasteiger charge is 2.31. The molecule has 0 aliphatic carbocycles. The highest BCUT2D eigenvalue weighted by atomic mass is 79.9. The van der Waals surface area contributed by atoms with Gasteiger partial charge in [-0.3, -0.25) is 19.3 Å². The molecular formula is C20H23BrN2O4S2. The third kappa shape index (κ3) is 8.28. The molecule has 156 valence electrons. The van der Waals surface area contributed by atoms with Gasteiger partial charge < -0.3 is 10.4 Å². The fourth-order valence-corrected chi connectivity index (χ4v) is 4.46. The van der Waals surface area contributed by atoms with Crippen LogP contribution in [0.2, 0.25) is 0 Å². The van der Waals surface area contributed by atoms with E-state index in [9.17, 15) is 14.4 Å². The lowest BCUT2D eigenvalue weighted by Crippen LogP contribution is -2.30. The maximum Gasteiger partial charge on any atom is 0.303 e. The molecule has 0 spiro atoms. The molecule has 1 heterocycles. The van der Waals surface area contributed by atoms with Gasteiger partial charge >= 0.3 is 5.97 Å². The third-order valence-electron chi connectivity index (χ3n) is 4.20. The molecule has 0 aromatic heterocycles. The number of nitrogens with one attached hydrogen (secondary N) is 1. The van der Waals surface area contributed by atoms with Gasteiger partial charge in [0, 0.05) is 30.4 Å². The lowest BCUT2D eigenvalue weighted by molar-refractivity contribution is -0.137. The fraction of sp³-hybridized carbons (Fsp3) is 0.400. The van der Waals surface area contributed by atoms with Crippen LogP contribution >= 0.6 is 39.9 Å². The molecule has 9 heteroatoms. The largest absolute Gasteiger partial charge is 0.481 e. The van der Waals surface area contributed by atoms with Crippen molar-refractivity contribution in [2.75, 3.05) is 13.1 Å². The molecule has 2 amide bonds. The number of carboxylic acid groups (broad SMARTS) is 1. The quantitative estimate of drug-likeness (QED) is 0.270. The number of thiocarbonyl (C=S) groups is 1. The summed E-state index contributed by atoms with van der Waals surface area (Å²) in [5.74, 6) is -0.992. The van der Waals surface area contributed by atoms with Crippen LogP contribution in [0.5, 0.6) is 0 Å². The fourth-order valence-electron chi connectivity index (χ4n) is 2.73. The second kappa shape index (κ2) is 12.1. The first-order chi connectivity index (χ1) is 13.9. The van der Waals surface area contributed by atoms with E-state index in [1.165, 1.54) is 11.8 Å². The van der Waals surface area contributed by atoms with Crippen molar-refractivity contribution in [1.82, 2.24) is 10.2 Å². The Kier molecular flexibility index (Phi) is 9.83. The Bertz CT molecular complexity index is 813. The summed E-state index contributed by atoms with van der Waals surface area (Å²) in [6.07, 6.45) is 4.97. The van der Waals surface area contributed by atoms with E-state index in [2.05, 4.69) is 21.2 Å². The number of benzene rings is 1. The van der Waals surface area contributed by atoms with E-state index >= 15 is 0 Å². The molecule has 0 radical (unpaired) electrons. The number of aliphatic carboxylic acids is 1. The molecule has 1 saturated heterocycles. The zero-order chi connectivity index (χ0) is 21.2. The summed E-state index contributed by atoms with van der Waals surface area (Å²) in [6, 6.07) is 7.67. The predicted octanol–water partition coefficient (Wildman–Crippen LogP) is 4.19. The molecule has 1 aliphatic heterocycles. The summed E-state index contributed by atoms with van der Waals surface area (Å²) in [6.45, 7) is 0.946. The van der Waals surface area contributed by atoms with E-state index in [0.29, 0.717) is 41.6 Å². The second-order valence-corrected chi connectivity index (χ2v) is 9.14. The van der Waals surface area contributed by atoms with Gasteiger partial charge in [-0.05, 0) is 43.0 Å². The van der Waals surface area contributed by atoms with E-state index in [-0.39, 0.29) is 18.2 Å². The second-order valence-electron chi connectivity index (χ2n) is 6.55. The van der Waals surface area contributed by atoms with Gasteiger partial charge in [-0.15, -0.1) is 0 Å². The van der Waals surface area contributed by atoms with Crippen molar-refractivity contribution in [2.24, 2.45) is 0 Å². The van der Waals surface area contributed by atoms with Crippen molar-refractivity contribution >= 4 is 68.1 Å². The summed E-state index contributed by atoms with van der Waals surface area (Å²) in [4.78, 5) is 37.0. The number of carbonyl (C=O) groups is 3. The average Bonchev–Trinajstić information content (AvgIpc) is 2.91. The number of hydrogen-bond acceptors (Lipinski definition) is 5. The minimum Gasteiger partial charge on any atom is -0.481 e. The minimum atomic E-state index is -0.795. The van der Waals surface area contributed by atoms with Crippen LogP contribution in [0.25, 0.3) is 6.08 Å². The number of carboxylic acids is 1. The molecule has 0 saturated carbocycles. The third-order valence-corrected chi connectivity index (χ3v) is 6.07. The number of unbranched alkanes of at least 4 members (excludes halogenated alkanes) is 2. The van der Waals surface area contributed by atoms with Gasteiger partial charge in [-0.1, -0.05) is 58.5 Å². The monoisotopic (exact) mass is 498 g/mol. The molecule has 2 rings (SSSR count). The van der Waals surface area contributed by atoms with Crippen LogP contribution < -0.4 is 5.32 Å². The molecule has 1 aliphatic rings. The van der Waals surface area contributed by atoms with Crippen LogP contribution in [0.4, 0.5) is 0 Å². The summed E-state index contributed by atoms with van der Waals surface area (Å²) < 4.78 is 1.45. The molecule has 6 nitrogen and oxygen atoms in total. The molecule has 1 fully saturated rings. The van der Waals surface area contributed by atoms with Crippen molar-refractivity contribution in [3.05, 3.63) is 39.2 Å². The maximum absolute atomic E-state index is 12.6. The normalized spacial score (nSPS) is 15.2. The van der Waals surface area contributed by atoms with Gasteiger partial charge in [0.2, 0.25) is 5.91 Å². The van der Waals surface area contributed by atoms with Crippen LogP contribution in [-0.4, -0.2) is 45.2 Å². The Hall–Kier alpha value is -1.71. The van der Waals surface area contributed by atoms with Crippen LogP contribution in [0, 0.1) is 0 Å². The molecule has 2 N–H and O–H groups in total. The van der Waals surface area contributed by atoms with E-state index in [4.69, 9.17) is 17.3 Å². The molecule has 29 heavy (non-hydrogen) atoms. The number of hydrogen-bond donors (Lipinski definition) is 2. The first-order valence-electron chi connectivity index (χ1n) is 9.36. The standard InChI is InChI=1S/C20H23BrN2O4S2/c21-15-7-4-6-14(12-15)13-16-19(27)23(20(28)29-16)11-5-8-17(24)22-10-3-1-2-9-18(25)26/h4,6-7,12-13H,1-3,5,8-11H2,(H,22,24)(H,25,26)/b16-13-. The van der Waals surface area contributed by atoms with Crippen LogP contribution in [0.15, 0.2) is 33.6 Å². The van der Waals surface area contributed by atoms with Gasteiger partial charge in [0.15, 0.2) is 0 Å². The van der Waals surface area contributed by atoms with Crippen molar-refractivity contribution in [2.45, 2.75) is 38.5 Å². The molecular weight excluding hydrogens is 476 g/mol. The first kappa shape index (κ1) is 23.6. The van der Waals surface area contributed by atoms with Gasteiger partial charge in [0.25, 0.3) is 5.91 Å². The Labute approximate surface area is 188 Å². The average molecular weight is 499 g/mol. The lowest BCUT2D eigenvalue weighted by Gasteiger charge is -2.14.